The lowest BCUT2D eigenvalue weighted by Crippen LogP contribution is -2.34. The Balaban J connectivity index is 0.00000139. The fourth-order valence-corrected chi connectivity index (χ4v) is 2.63. The second-order valence-electron chi connectivity index (χ2n) is 5.53. The normalized spacial score (nSPS) is 13.7. The highest BCUT2D eigenvalue weighted by molar-refractivity contribution is 5.93. The van der Waals surface area contributed by atoms with Crippen LogP contribution in [0.25, 0.3) is 0 Å². The Morgan fingerprint density at radius 3 is 2.79 bits per heavy atom. The molecule has 24 heavy (non-hydrogen) atoms. The van der Waals surface area contributed by atoms with Crippen LogP contribution < -0.4 is 5.48 Å². The summed E-state index contributed by atoms with van der Waals surface area (Å²) < 4.78 is 19.6. The lowest BCUT2D eigenvalue weighted by Gasteiger charge is -2.29. The van der Waals surface area contributed by atoms with E-state index in [1.54, 1.807) is 11.5 Å². The van der Waals surface area contributed by atoms with Gasteiger partial charge in [-0.05, 0) is 36.1 Å². The Bertz CT molecular complexity index is 523. The number of amides is 1. The van der Waals surface area contributed by atoms with Crippen molar-refractivity contribution in [2.45, 2.75) is 46.6 Å². The third kappa shape index (κ3) is 5.85. The second-order valence-corrected chi connectivity index (χ2v) is 5.53. The van der Waals surface area contributed by atoms with Crippen LogP contribution in [0.3, 0.4) is 0 Å². The molecule has 1 aliphatic rings. The van der Waals surface area contributed by atoms with Crippen LogP contribution in [0.4, 0.5) is 4.39 Å². The third-order valence-electron chi connectivity index (χ3n) is 3.92. The highest BCUT2D eigenvalue weighted by Gasteiger charge is 2.21. The number of carbonyl (C=O) groups excluding carboxylic acids is 1. The quantitative estimate of drug-likeness (QED) is 0.455. The monoisotopic (exact) mass is 340 g/mol. The van der Waals surface area contributed by atoms with Crippen molar-refractivity contribution >= 4 is 5.91 Å². The number of hydrogen-bond acceptors (Lipinski definition) is 4. The van der Waals surface area contributed by atoms with Gasteiger partial charge >= 0.3 is 0 Å². The number of carbonyl (C=O) groups is 1. The van der Waals surface area contributed by atoms with Gasteiger partial charge in [-0.1, -0.05) is 27.2 Å². The predicted octanol–water partition coefficient (Wildman–Crippen LogP) is 3.15. The van der Waals surface area contributed by atoms with Gasteiger partial charge in [0.15, 0.2) is 0 Å². The average Bonchev–Trinajstić information content (AvgIpc) is 2.62. The van der Waals surface area contributed by atoms with Gasteiger partial charge in [-0.3, -0.25) is 14.9 Å². The van der Waals surface area contributed by atoms with Crippen molar-refractivity contribution in [3.8, 4) is 0 Å². The lowest BCUT2D eigenvalue weighted by atomic mass is 9.96. The van der Waals surface area contributed by atoms with Crippen molar-refractivity contribution in [1.29, 1.82) is 0 Å². The van der Waals surface area contributed by atoms with Crippen LogP contribution >= 0.6 is 0 Å². The summed E-state index contributed by atoms with van der Waals surface area (Å²) in [7, 11) is 0. The highest BCUT2D eigenvalue weighted by Crippen LogP contribution is 2.23. The van der Waals surface area contributed by atoms with Crippen LogP contribution in [-0.4, -0.2) is 42.3 Å². The van der Waals surface area contributed by atoms with E-state index in [0.29, 0.717) is 25.1 Å². The summed E-state index contributed by atoms with van der Waals surface area (Å²) in [6.07, 6.45) is 2.80. The molecule has 0 bridgehead atoms. The summed E-state index contributed by atoms with van der Waals surface area (Å²) in [4.78, 5) is 13.6. The molecule has 1 amide bonds. The van der Waals surface area contributed by atoms with Gasteiger partial charge in [-0.15, -0.1) is 0 Å². The average molecular weight is 340 g/mol. The number of halogens is 1. The van der Waals surface area contributed by atoms with Gasteiger partial charge in [0, 0.05) is 31.8 Å². The lowest BCUT2D eigenvalue weighted by molar-refractivity contribution is 0.0705. The molecule has 0 saturated heterocycles. The Morgan fingerprint density at radius 1 is 1.38 bits per heavy atom. The molecule has 0 fully saturated rings. The van der Waals surface area contributed by atoms with Crippen molar-refractivity contribution in [2.24, 2.45) is 0 Å². The molecule has 0 atom stereocenters. The molecule has 136 valence electrons. The molecule has 1 aromatic carbocycles. The summed E-state index contributed by atoms with van der Waals surface area (Å²) in [6, 6.07) is 2.82. The van der Waals surface area contributed by atoms with E-state index in [1.165, 1.54) is 6.07 Å². The highest BCUT2D eigenvalue weighted by atomic mass is 19.1. The number of hydroxylamine groups is 1. The molecule has 0 spiro atoms. The molecule has 0 aliphatic carbocycles. The molecule has 2 N–H and O–H groups in total. The van der Waals surface area contributed by atoms with E-state index >= 15 is 0 Å². The maximum absolute atomic E-state index is 14.0. The summed E-state index contributed by atoms with van der Waals surface area (Å²) in [5.41, 5.74) is 3.15. The molecule has 0 unspecified atom stereocenters. The minimum Gasteiger partial charge on any atom is -0.380 e. The Morgan fingerprint density at radius 2 is 2.12 bits per heavy atom. The van der Waals surface area contributed by atoms with Crippen LogP contribution in [-0.2, 0) is 17.7 Å². The smallest absolute Gasteiger partial charge is 0.274 e. The number of fused-ring (bicyclic) bond motifs is 1. The van der Waals surface area contributed by atoms with E-state index in [4.69, 9.17) is 9.94 Å². The Hall–Kier alpha value is -1.50. The fraction of sp³-hybridized carbons (Fsp3) is 0.611. The van der Waals surface area contributed by atoms with Crippen molar-refractivity contribution in [1.82, 2.24) is 10.4 Å². The number of ether oxygens (including phenoxy) is 1. The van der Waals surface area contributed by atoms with E-state index in [1.807, 2.05) is 13.8 Å². The van der Waals surface area contributed by atoms with Gasteiger partial charge in [0.25, 0.3) is 5.91 Å². The largest absolute Gasteiger partial charge is 0.380 e. The SMILES string of the molecule is CC.CCCCOCCN1CCc2c(F)cc(C(=O)NO)cc2C1. The Kier molecular flexibility index (Phi) is 9.52. The van der Waals surface area contributed by atoms with Gasteiger partial charge in [0.1, 0.15) is 5.82 Å². The zero-order chi connectivity index (χ0) is 17.9. The minimum atomic E-state index is -0.693. The summed E-state index contributed by atoms with van der Waals surface area (Å²) in [6.45, 7) is 9.73. The van der Waals surface area contributed by atoms with E-state index < -0.39 is 5.91 Å². The second kappa shape index (κ2) is 11.1. The van der Waals surface area contributed by atoms with Crippen LogP contribution in [0.1, 0.15) is 55.1 Å². The number of benzene rings is 1. The van der Waals surface area contributed by atoms with Gasteiger partial charge in [-0.2, -0.15) is 0 Å². The van der Waals surface area contributed by atoms with E-state index in [0.717, 1.165) is 38.1 Å². The topological polar surface area (TPSA) is 61.8 Å². The van der Waals surface area contributed by atoms with Crippen LogP contribution in [0.5, 0.6) is 0 Å². The first-order valence-electron chi connectivity index (χ1n) is 8.71. The predicted molar refractivity (Wildman–Crippen MR) is 91.7 cm³/mol. The maximum atomic E-state index is 14.0. The van der Waals surface area contributed by atoms with Crippen molar-refractivity contribution in [3.05, 3.63) is 34.6 Å². The Labute approximate surface area is 143 Å². The van der Waals surface area contributed by atoms with Crippen molar-refractivity contribution in [2.75, 3.05) is 26.3 Å². The van der Waals surface area contributed by atoms with Crippen LogP contribution in [0.15, 0.2) is 12.1 Å². The molecule has 1 aromatic rings. The van der Waals surface area contributed by atoms with E-state index in [9.17, 15) is 9.18 Å². The first-order chi connectivity index (χ1) is 11.7. The zero-order valence-electron chi connectivity index (χ0n) is 14.9. The minimum absolute atomic E-state index is 0.139. The molecule has 1 aliphatic heterocycles. The number of hydrogen-bond donors (Lipinski definition) is 2. The number of unbranched alkanes of at least 4 members (excludes halogenated alkanes) is 1. The summed E-state index contributed by atoms with van der Waals surface area (Å²) in [5, 5.41) is 8.67. The first-order valence-corrected chi connectivity index (χ1v) is 8.71. The zero-order valence-corrected chi connectivity index (χ0v) is 14.9. The van der Waals surface area contributed by atoms with E-state index in [2.05, 4.69) is 11.8 Å². The molecular formula is C18H29FN2O3. The number of nitrogens with one attached hydrogen (secondary N) is 1. The maximum Gasteiger partial charge on any atom is 0.274 e. The van der Waals surface area contributed by atoms with Crippen LogP contribution in [0.2, 0.25) is 0 Å². The van der Waals surface area contributed by atoms with Gasteiger partial charge in [0.05, 0.1) is 6.61 Å². The molecular weight excluding hydrogens is 311 g/mol. The number of nitrogens with zero attached hydrogens (tertiary/aromatic N) is 1. The van der Waals surface area contributed by atoms with Gasteiger partial charge < -0.3 is 4.74 Å². The molecule has 5 nitrogen and oxygen atoms in total. The first kappa shape index (κ1) is 20.5. The van der Waals surface area contributed by atoms with E-state index in [-0.39, 0.29) is 11.4 Å². The van der Waals surface area contributed by atoms with Gasteiger partial charge in [-0.25, -0.2) is 9.87 Å². The summed E-state index contributed by atoms with van der Waals surface area (Å²) >= 11 is 0. The van der Waals surface area contributed by atoms with Gasteiger partial charge in [0.2, 0.25) is 0 Å². The molecule has 6 heteroatoms. The molecule has 0 saturated carbocycles. The third-order valence-corrected chi connectivity index (χ3v) is 3.92. The molecule has 0 aromatic heterocycles. The molecule has 0 radical (unpaired) electrons. The number of rotatable bonds is 7. The molecule has 2 rings (SSSR count). The fourth-order valence-electron chi connectivity index (χ4n) is 2.63. The van der Waals surface area contributed by atoms with Crippen LogP contribution in [0, 0.1) is 5.82 Å². The van der Waals surface area contributed by atoms with Crippen molar-refractivity contribution < 1.29 is 19.1 Å². The standard InChI is InChI=1S/C16H23FN2O3.C2H6/c1-2-3-7-22-8-6-19-5-4-14-13(11-19)9-12(10-15(14)17)16(20)18-21;1-2/h9-10,21H,2-8,11H2,1H3,(H,18,20);1-2H3. The molecule has 1 heterocycles. The summed E-state index contributed by atoms with van der Waals surface area (Å²) in [5.74, 6) is -1.07. The van der Waals surface area contributed by atoms with Crippen molar-refractivity contribution in [3.63, 3.8) is 0 Å².